The molecule has 5 heteroatoms. The second-order valence-electron chi connectivity index (χ2n) is 25.8. The van der Waals surface area contributed by atoms with Crippen LogP contribution >= 0.6 is 0 Å². The van der Waals surface area contributed by atoms with Crippen LogP contribution in [0.15, 0.2) is 23.3 Å². The highest BCUT2D eigenvalue weighted by Crippen LogP contribution is 2.69. The van der Waals surface area contributed by atoms with E-state index in [1.165, 1.54) is 114 Å². The topological polar surface area (TPSA) is 61.8 Å². The summed E-state index contributed by atoms with van der Waals surface area (Å²) in [5.74, 6) is 9.16. The van der Waals surface area contributed by atoms with E-state index in [1.54, 1.807) is 0 Å². The largest absolute Gasteiger partial charge is 0.460 e. The first kappa shape index (κ1) is 47.9. The molecule has 0 amide bonds. The Morgan fingerprint density at radius 3 is 1.35 bits per heavy atom. The summed E-state index contributed by atoms with van der Waals surface area (Å²) in [5.41, 5.74) is 4.52. The third kappa shape index (κ3) is 9.35. The summed E-state index contributed by atoms with van der Waals surface area (Å²) < 4.78 is 17.8. The average Bonchev–Trinajstić information content (AvgIpc) is 3.77. The third-order valence-electron chi connectivity index (χ3n) is 21.6. The van der Waals surface area contributed by atoms with Crippen LogP contribution in [0, 0.1) is 92.7 Å². The molecule has 8 aliphatic carbocycles. The smallest absolute Gasteiger partial charge is 0.332 e. The summed E-state index contributed by atoms with van der Waals surface area (Å²) in [6.45, 7) is 24.7. The van der Waals surface area contributed by atoms with Crippen LogP contribution in [-0.2, 0) is 23.8 Å². The van der Waals surface area contributed by atoms with Gasteiger partial charge >= 0.3 is 11.9 Å². The highest BCUT2D eigenvalue weighted by atomic mass is 16.6. The number of esters is 2. The summed E-state index contributed by atoms with van der Waals surface area (Å²) in [5, 5.41) is 0. The molecule has 0 unspecified atom stereocenters. The fraction of sp³-hybridized carbons (Fsp3) is 0.897. The van der Waals surface area contributed by atoms with Gasteiger partial charge in [-0.2, -0.15) is 0 Å². The summed E-state index contributed by atoms with van der Waals surface area (Å²) in [7, 11) is 0. The molecule has 0 aliphatic heterocycles. The van der Waals surface area contributed by atoms with Crippen LogP contribution in [0.5, 0.6) is 0 Å². The van der Waals surface area contributed by atoms with Gasteiger partial charge < -0.3 is 14.2 Å². The maximum Gasteiger partial charge on any atom is 0.332 e. The second kappa shape index (κ2) is 19.2. The molecule has 6 fully saturated rings. The summed E-state index contributed by atoms with van der Waals surface area (Å²) >= 11 is 0. The Kier molecular flexibility index (Phi) is 14.6. The van der Waals surface area contributed by atoms with Gasteiger partial charge in [-0.05, 0) is 183 Å². The molecule has 0 saturated heterocycles. The van der Waals surface area contributed by atoms with E-state index in [-0.39, 0.29) is 48.2 Å². The van der Waals surface area contributed by atoms with Gasteiger partial charge in [0.1, 0.15) is 25.4 Å². The summed E-state index contributed by atoms with van der Waals surface area (Å²) in [6.07, 6.45) is 32.6. The Morgan fingerprint density at radius 2 is 0.952 bits per heavy atom. The lowest BCUT2D eigenvalue weighted by Crippen LogP contribution is -2.51. The van der Waals surface area contributed by atoms with Gasteiger partial charge in [-0.1, -0.05) is 131 Å². The van der Waals surface area contributed by atoms with Crippen molar-refractivity contribution in [2.24, 2.45) is 92.7 Å². The fourth-order valence-corrected chi connectivity index (χ4v) is 18.2. The highest BCUT2D eigenvalue weighted by molar-refractivity contribution is 5.73. The number of allylic oxidation sites excluding steroid dienone is 2. The lowest BCUT2D eigenvalue weighted by molar-refractivity contribution is -0.163. The first-order valence-corrected chi connectivity index (χ1v) is 27.3. The van der Waals surface area contributed by atoms with Crippen molar-refractivity contribution >= 4 is 11.9 Å². The fourth-order valence-electron chi connectivity index (χ4n) is 18.2. The van der Waals surface area contributed by atoms with Gasteiger partial charge in [0.25, 0.3) is 0 Å². The predicted octanol–water partition coefficient (Wildman–Crippen LogP) is 14.9. The number of carbonyl (C=O) groups excluding carboxylic acids is 2. The predicted molar refractivity (Wildman–Crippen MR) is 257 cm³/mol. The van der Waals surface area contributed by atoms with E-state index in [0.717, 1.165) is 110 Å². The van der Waals surface area contributed by atoms with Crippen molar-refractivity contribution in [3.8, 4) is 0 Å². The molecule has 0 aromatic carbocycles. The Labute approximate surface area is 386 Å². The monoisotopic (exact) mass is 871 g/mol. The van der Waals surface area contributed by atoms with Crippen molar-refractivity contribution in [2.75, 3.05) is 13.2 Å². The number of carbonyl (C=O) groups is 2. The van der Waals surface area contributed by atoms with E-state index in [1.807, 2.05) is 0 Å². The van der Waals surface area contributed by atoms with Gasteiger partial charge in [-0.25, -0.2) is 9.59 Å². The van der Waals surface area contributed by atoms with E-state index >= 15 is 0 Å². The van der Waals surface area contributed by atoms with Crippen LogP contribution in [0.4, 0.5) is 0 Å². The van der Waals surface area contributed by atoms with E-state index in [9.17, 15) is 9.59 Å². The molecule has 0 aromatic rings. The Hall–Kier alpha value is -1.62. The number of hydrogen-bond acceptors (Lipinski definition) is 5. The minimum Gasteiger partial charge on any atom is -0.460 e. The lowest BCUT2D eigenvalue weighted by atomic mass is 9.47. The molecule has 356 valence electrons. The summed E-state index contributed by atoms with van der Waals surface area (Å²) in [4.78, 5) is 26.2. The van der Waals surface area contributed by atoms with Gasteiger partial charge in [-0.3, -0.25) is 0 Å². The first-order valence-electron chi connectivity index (χ1n) is 27.3. The molecule has 0 N–H and O–H groups in total. The molecular formula is C58H94O5. The number of ether oxygens (including phenoxy) is 3. The molecule has 16 atom stereocenters. The van der Waals surface area contributed by atoms with Crippen molar-refractivity contribution in [1.29, 1.82) is 0 Å². The Morgan fingerprint density at radius 1 is 0.540 bits per heavy atom. The van der Waals surface area contributed by atoms with Crippen LogP contribution in [0.2, 0.25) is 0 Å². The van der Waals surface area contributed by atoms with Crippen molar-refractivity contribution < 1.29 is 23.8 Å². The van der Waals surface area contributed by atoms with E-state index in [4.69, 9.17) is 14.2 Å². The van der Waals surface area contributed by atoms with Gasteiger partial charge in [0, 0.05) is 12.8 Å². The maximum atomic E-state index is 13.1. The molecule has 6 saturated carbocycles. The molecule has 5 nitrogen and oxygen atoms in total. The molecular weight excluding hydrogens is 777 g/mol. The minimum atomic E-state index is -0.355. The molecule has 0 radical (unpaired) electrons. The number of hydrogen-bond donors (Lipinski definition) is 0. The standard InChI is InChI=1S/C58H94O5/c1-37(2)13-11-15-39(5)47-21-23-49-45-19-17-41-33-43(25-29-55(41,7)51(45)27-31-57(47,49)9)62-53(59)35-61-36-54(60)63-44-26-30-56(8)42(34-44)18-20-46-50-24-22-48(40(6)16-12-14-38(3)4)58(50,10)32-28-52(46)56/h17-18,37-40,43-52H,11-16,19-36H2,1-10H3/t39-,40+,43-,44-,45-,46+,47+,48-,49-,50+,51+,52+,55+,56-,57-,58+/m0/s1. The molecule has 0 spiro atoms. The maximum absolute atomic E-state index is 13.1. The van der Waals surface area contributed by atoms with Crippen molar-refractivity contribution in [2.45, 2.75) is 223 Å². The van der Waals surface area contributed by atoms with Crippen molar-refractivity contribution in [3.63, 3.8) is 0 Å². The van der Waals surface area contributed by atoms with Crippen LogP contribution in [0.1, 0.15) is 210 Å². The lowest BCUT2D eigenvalue weighted by Gasteiger charge is -2.58. The van der Waals surface area contributed by atoms with Crippen LogP contribution < -0.4 is 0 Å². The SMILES string of the molecule is CC(C)CCC[C@@H](C)[C@@H]1CC[C@@H]2[C@H]3CC=C4C[C@@H](OC(=O)COCC(=O)O[C@H]5CC[C@]6(C)C(=CC[C@@H]7[C@H]6CC[C@@]6(C)[C@@H]([C@@H](C)CCCC(C)C)CC[C@@H]76)C5)CC[C@]4(C)[C@@H]3CC[C@@]21C. The van der Waals surface area contributed by atoms with Crippen LogP contribution in [0.25, 0.3) is 0 Å². The molecule has 0 bridgehead atoms. The minimum absolute atomic E-state index is 0.101. The van der Waals surface area contributed by atoms with E-state index in [2.05, 4.69) is 81.4 Å². The molecule has 8 rings (SSSR count). The van der Waals surface area contributed by atoms with Gasteiger partial charge in [0.15, 0.2) is 0 Å². The Balaban J connectivity index is 0.767. The zero-order chi connectivity index (χ0) is 44.9. The third-order valence-corrected chi connectivity index (χ3v) is 21.6. The zero-order valence-electron chi connectivity index (χ0n) is 42.2. The second-order valence-corrected chi connectivity index (χ2v) is 25.8. The van der Waals surface area contributed by atoms with Gasteiger partial charge in [-0.15, -0.1) is 0 Å². The van der Waals surface area contributed by atoms with Gasteiger partial charge in [0.05, 0.1) is 0 Å². The number of fused-ring (bicyclic) bond motifs is 10. The van der Waals surface area contributed by atoms with E-state index in [0.29, 0.717) is 10.8 Å². The normalized spacial score (nSPS) is 42.7. The van der Waals surface area contributed by atoms with Crippen molar-refractivity contribution in [1.82, 2.24) is 0 Å². The van der Waals surface area contributed by atoms with Crippen LogP contribution in [-0.4, -0.2) is 37.4 Å². The first-order chi connectivity index (χ1) is 30.0. The number of rotatable bonds is 16. The molecule has 63 heavy (non-hydrogen) atoms. The quantitative estimate of drug-likeness (QED) is 0.114. The summed E-state index contributed by atoms with van der Waals surface area (Å²) in [6, 6.07) is 0. The van der Waals surface area contributed by atoms with Gasteiger partial charge in [0.2, 0.25) is 0 Å². The average molecular weight is 871 g/mol. The molecule has 0 aromatic heterocycles. The van der Waals surface area contributed by atoms with E-state index < -0.39 is 0 Å². The molecule has 8 aliphatic rings. The molecule has 0 heterocycles. The van der Waals surface area contributed by atoms with Crippen molar-refractivity contribution in [3.05, 3.63) is 23.3 Å². The Bertz CT molecular complexity index is 1560. The van der Waals surface area contributed by atoms with Crippen LogP contribution in [0.3, 0.4) is 0 Å². The zero-order valence-corrected chi connectivity index (χ0v) is 42.2. The highest BCUT2D eigenvalue weighted by Gasteiger charge is 2.61.